The maximum Gasteiger partial charge on any atom is 0.228 e. The molecule has 4 heteroatoms. The summed E-state index contributed by atoms with van der Waals surface area (Å²) >= 11 is 0. The fourth-order valence-corrected chi connectivity index (χ4v) is 3.44. The molecule has 27 heavy (non-hydrogen) atoms. The van der Waals surface area contributed by atoms with Gasteiger partial charge in [0.2, 0.25) is 6.23 Å². The van der Waals surface area contributed by atoms with Crippen LogP contribution in [0, 0.1) is 19.8 Å². The summed E-state index contributed by atoms with van der Waals surface area (Å²) in [6.07, 6.45) is -0.0671. The van der Waals surface area contributed by atoms with Gasteiger partial charge in [-0.1, -0.05) is 50.2 Å². The minimum atomic E-state index is -0.0671. The number of nitrogens with zero attached hydrogens (tertiary/aromatic N) is 1. The second kappa shape index (κ2) is 10.7. The Morgan fingerprint density at radius 3 is 2.19 bits per heavy atom. The molecule has 0 heterocycles. The van der Waals surface area contributed by atoms with E-state index in [1.165, 1.54) is 16.7 Å². The highest BCUT2D eigenvalue weighted by Crippen LogP contribution is 2.28. The summed E-state index contributed by atoms with van der Waals surface area (Å²) in [5, 5.41) is 0. The van der Waals surface area contributed by atoms with E-state index in [2.05, 4.69) is 52.8 Å². The molecule has 2 atom stereocenters. The van der Waals surface area contributed by atoms with Gasteiger partial charge in [0, 0.05) is 18.4 Å². The third-order valence-electron chi connectivity index (χ3n) is 4.93. The van der Waals surface area contributed by atoms with Gasteiger partial charge in [-0.25, -0.2) is 0 Å². The number of hydrogen-bond donors (Lipinski definition) is 0. The SMILES string of the molecule is CCOC(C)[N+](Cc1cccc(C)c1C)(CC(C)C)Oc1ccccc1.[Cl-]. The first-order chi connectivity index (χ1) is 12.4. The molecule has 0 saturated carbocycles. The van der Waals surface area contributed by atoms with Gasteiger partial charge < -0.3 is 22.0 Å². The normalized spacial score (nSPS) is 14.3. The summed E-state index contributed by atoms with van der Waals surface area (Å²) in [6.45, 7) is 15.3. The van der Waals surface area contributed by atoms with Crippen molar-refractivity contribution in [3.63, 3.8) is 0 Å². The zero-order valence-electron chi connectivity index (χ0n) is 17.5. The highest BCUT2D eigenvalue weighted by molar-refractivity contribution is 5.32. The fraction of sp³-hybridized carbons (Fsp3) is 0.478. The Morgan fingerprint density at radius 2 is 1.59 bits per heavy atom. The van der Waals surface area contributed by atoms with E-state index in [0.717, 1.165) is 18.8 Å². The van der Waals surface area contributed by atoms with E-state index in [0.29, 0.717) is 17.2 Å². The zero-order chi connectivity index (χ0) is 19.2. The van der Waals surface area contributed by atoms with Gasteiger partial charge in [0.25, 0.3) is 0 Å². The summed E-state index contributed by atoms with van der Waals surface area (Å²) in [7, 11) is 0. The number of ether oxygens (including phenoxy) is 1. The molecule has 0 N–H and O–H groups in total. The Kier molecular flexibility index (Phi) is 9.31. The molecule has 0 aromatic heterocycles. The molecule has 0 bridgehead atoms. The second-order valence-corrected chi connectivity index (χ2v) is 7.50. The predicted octanol–water partition coefficient (Wildman–Crippen LogP) is 2.66. The molecule has 0 radical (unpaired) electrons. The number of aryl methyl sites for hydroxylation is 1. The first kappa shape index (κ1) is 23.5. The van der Waals surface area contributed by atoms with Crippen LogP contribution in [-0.4, -0.2) is 24.0 Å². The van der Waals surface area contributed by atoms with Gasteiger partial charge in [0.15, 0.2) is 5.75 Å². The summed E-state index contributed by atoms with van der Waals surface area (Å²) in [5.41, 5.74) is 3.96. The molecule has 3 nitrogen and oxygen atoms in total. The number of halogens is 1. The molecule has 150 valence electrons. The van der Waals surface area contributed by atoms with Crippen LogP contribution in [0.2, 0.25) is 0 Å². The van der Waals surface area contributed by atoms with E-state index < -0.39 is 0 Å². The van der Waals surface area contributed by atoms with Gasteiger partial charge in [-0.15, -0.1) is 4.65 Å². The Hall–Kier alpha value is -1.55. The van der Waals surface area contributed by atoms with Crippen LogP contribution in [0.1, 0.15) is 44.4 Å². The van der Waals surface area contributed by atoms with Crippen molar-refractivity contribution >= 4 is 0 Å². The third kappa shape index (κ3) is 6.24. The summed E-state index contributed by atoms with van der Waals surface area (Å²) in [5.74, 6) is 1.36. The van der Waals surface area contributed by atoms with Gasteiger partial charge in [-0.05, 0) is 44.0 Å². The van der Waals surface area contributed by atoms with Crippen LogP contribution in [0.25, 0.3) is 0 Å². The van der Waals surface area contributed by atoms with Gasteiger partial charge in [0.1, 0.15) is 13.1 Å². The first-order valence-corrected chi connectivity index (χ1v) is 9.66. The van der Waals surface area contributed by atoms with Crippen molar-refractivity contribution in [2.45, 2.75) is 54.3 Å². The van der Waals surface area contributed by atoms with Gasteiger partial charge >= 0.3 is 0 Å². The van der Waals surface area contributed by atoms with E-state index in [4.69, 9.17) is 9.57 Å². The van der Waals surface area contributed by atoms with Gasteiger partial charge in [-0.3, -0.25) is 0 Å². The predicted molar refractivity (Wildman–Crippen MR) is 108 cm³/mol. The highest BCUT2D eigenvalue weighted by atomic mass is 35.5. The summed E-state index contributed by atoms with van der Waals surface area (Å²) in [6, 6.07) is 16.6. The van der Waals surface area contributed by atoms with Crippen molar-refractivity contribution in [3.05, 3.63) is 65.2 Å². The molecule has 0 aliphatic rings. The Labute approximate surface area is 171 Å². The minimum absolute atomic E-state index is 0. The Balaban J connectivity index is 0.00000364. The molecule has 0 aliphatic carbocycles. The number of quaternary nitrogens is 1. The minimum Gasteiger partial charge on any atom is -1.00 e. The molecule has 2 aromatic carbocycles. The lowest BCUT2D eigenvalue weighted by molar-refractivity contribution is -1.12. The van der Waals surface area contributed by atoms with E-state index in [1.54, 1.807) is 0 Å². The first-order valence-electron chi connectivity index (χ1n) is 9.66. The Bertz CT molecular complexity index is 690. The molecule has 0 spiro atoms. The van der Waals surface area contributed by atoms with Crippen molar-refractivity contribution in [3.8, 4) is 5.75 Å². The largest absolute Gasteiger partial charge is 1.00 e. The third-order valence-corrected chi connectivity index (χ3v) is 4.93. The lowest BCUT2D eigenvalue weighted by Gasteiger charge is -2.41. The van der Waals surface area contributed by atoms with Crippen molar-refractivity contribution in [2.24, 2.45) is 5.92 Å². The van der Waals surface area contributed by atoms with Crippen molar-refractivity contribution in [2.75, 3.05) is 13.2 Å². The van der Waals surface area contributed by atoms with Crippen LogP contribution in [-0.2, 0) is 11.3 Å². The van der Waals surface area contributed by atoms with Crippen LogP contribution in [0.15, 0.2) is 48.5 Å². The average molecular weight is 392 g/mol. The molecular formula is C23H34ClNO2. The number of para-hydroxylation sites is 1. The molecule has 0 fully saturated rings. The van der Waals surface area contributed by atoms with E-state index in [1.807, 2.05) is 37.3 Å². The van der Waals surface area contributed by atoms with E-state index in [9.17, 15) is 0 Å². The van der Waals surface area contributed by atoms with Crippen LogP contribution < -0.4 is 17.2 Å². The molecule has 0 amide bonds. The maximum atomic E-state index is 6.64. The van der Waals surface area contributed by atoms with Crippen molar-refractivity contribution < 1.29 is 26.6 Å². The standard InChI is InChI=1S/C23H34NO2.ClH/c1-7-25-21(6)24(16-18(2)3,26-23-14-9-8-10-15-23)17-22-13-11-12-19(4)20(22)5;/h8-15,18,21H,7,16-17H2,1-6H3;1H/q+1;/p-1. The molecule has 0 aliphatic heterocycles. The topological polar surface area (TPSA) is 18.5 Å². The molecule has 2 rings (SSSR count). The van der Waals surface area contributed by atoms with Crippen LogP contribution in [0.3, 0.4) is 0 Å². The van der Waals surface area contributed by atoms with Gasteiger partial charge in [0.05, 0.1) is 6.61 Å². The lowest BCUT2D eigenvalue weighted by atomic mass is 10.0. The maximum absolute atomic E-state index is 6.64. The Morgan fingerprint density at radius 1 is 0.926 bits per heavy atom. The van der Waals surface area contributed by atoms with Crippen molar-refractivity contribution in [1.29, 1.82) is 0 Å². The summed E-state index contributed by atoms with van der Waals surface area (Å²) in [4.78, 5) is 6.64. The van der Waals surface area contributed by atoms with Crippen LogP contribution in [0.5, 0.6) is 5.75 Å². The van der Waals surface area contributed by atoms with Crippen LogP contribution >= 0.6 is 0 Å². The second-order valence-electron chi connectivity index (χ2n) is 7.50. The smallest absolute Gasteiger partial charge is 0.228 e. The molecule has 0 saturated heterocycles. The zero-order valence-corrected chi connectivity index (χ0v) is 18.3. The molecule has 2 unspecified atom stereocenters. The summed E-state index contributed by atoms with van der Waals surface area (Å²) < 4.78 is 6.50. The molecule has 2 aromatic rings. The average Bonchev–Trinajstić information content (AvgIpc) is 2.59. The highest BCUT2D eigenvalue weighted by Gasteiger charge is 2.40. The van der Waals surface area contributed by atoms with E-state index >= 15 is 0 Å². The number of hydroxylamine groups is 3. The van der Waals surface area contributed by atoms with Gasteiger partial charge in [-0.2, -0.15) is 0 Å². The fourth-order valence-electron chi connectivity index (χ4n) is 3.44. The number of rotatable bonds is 9. The number of hydrogen-bond acceptors (Lipinski definition) is 2. The van der Waals surface area contributed by atoms with E-state index in [-0.39, 0.29) is 18.6 Å². The lowest BCUT2D eigenvalue weighted by Crippen LogP contribution is -3.00. The monoisotopic (exact) mass is 391 g/mol. The van der Waals surface area contributed by atoms with Crippen LogP contribution in [0.4, 0.5) is 0 Å². The number of benzene rings is 2. The van der Waals surface area contributed by atoms with Crippen molar-refractivity contribution in [1.82, 2.24) is 0 Å². The quantitative estimate of drug-likeness (QED) is 0.371. The molecular weight excluding hydrogens is 358 g/mol.